The zero-order valence-electron chi connectivity index (χ0n) is 8.76. The number of nitrogens with two attached hydrogens (primary N) is 2. The molecule has 0 aliphatic rings. The predicted molar refractivity (Wildman–Crippen MR) is 62.9 cm³/mol. The van der Waals surface area contributed by atoms with Crippen molar-refractivity contribution in [1.29, 1.82) is 0 Å². The standard InChI is InChI=1S/C10H12ClN5/c1-16-3-2-14-10(16)8(12)7-4-6(11)5-15-9(7)13/h2-5,8H,12H2,1H3,(H2,13,15). The first-order chi connectivity index (χ1) is 7.59. The van der Waals surface area contributed by atoms with E-state index in [-0.39, 0.29) is 0 Å². The van der Waals surface area contributed by atoms with E-state index in [9.17, 15) is 0 Å². The highest BCUT2D eigenvalue weighted by molar-refractivity contribution is 6.30. The van der Waals surface area contributed by atoms with Crippen LogP contribution in [-0.4, -0.2) is 14.5 Å². The molecule has 2 heterocycles. The van der Waals surface area contributed by atoms with E-state index in [1.54, 1.807) is 12.3 Å². The van der Waals surface area contributed by atoms with E-state index in [1.165, 1.54) is 6.20 Å². The summed E-state index contributed by atoms with van der Waals surface area (Å²) in [5, 5.41) is 0.508. The zero-order valence-corrected chi connectivity index (χ0v) is 9.52. The third-order valence-corrected chi connectivity index (χ3v) is 2.59. The monoisotopic (exact) mass is 237 g/mol. The van der Waals surface area contributed by atoms with Crippen LogP contribution in [-0.2, 0) is 7.05 Å². The van der Waals surface area contributed by atoms with Gasteiger partial charge in [0.25, 0.3) is 0 Å². The molecular weight excluding hydrogens is 226 g/mol. The van der Waals surface area contributed by atoms with E-state index in [4.69, 9.17) is 23.1 Å². The van der Waals surface area contributed by atoms with Gasteiger partial charge in [0, 0.05) is 31.2 Å². The summed E-state index contributed by atoms with van der Waals surface area (Å²) in [4.78, 5) is 8.14. The van der Waals surface area contributed by atoms with Gasteiger partial charge >= 0.3 is 0 Å². The maximum atomic E-state index is 6.07. The second-order valence-electron chi connectivity index (χ2n) is 3.50. The number of anilines is 1. The van der Waals surface area contributed by atoms with Crippen LogP contribution in [0.25, 0.3) is 0 Å². The van der Waals surface area contributed by atoms with Gasteiger partial charge in [-0.15, -0.1) is 0 Å². The summed E-state index contributed by atoms with van der Waals surface area (Å²) in [5.41, 5.74) is 12.5. The lowest BCUT2D eigenvalue weighted by atomic mass is 10.1. The Bertz CT molecular complexity index is 508. The van der Waals surface area contributed by atoms with Gasteiger partial charge in [-0.1, -0.05) is 11.6 Å². The lowest BCUT2D eigenvalue weighted by Gasteiger charge is -2.13. The fourth-order valence-electron chi connectivity index (χ4n) is 1.53. The molecule has 2 aromatic rings. The summed E-state index contributed by atoms with van der Waals surface area (Å²) < 4.78 is 1.84. The van der Waals surface area contributed by atoms with Crippen LogP contribution in [0.15, 0.2) is 24.7 Å². The van der Waals surface area contributed by atoms with Crippen LogP contribution in [0.5, 0.6) is 0 Å². The highest BCUT2D eigenvalue weighted by Gasteiger charge is 2.17. The molecule has 1 unspecified atom stereocenters. The highest BCUT2D eigenvalue weighted by atomic mass is 35.5. The number of pyridine rings is 1. The first-order valence-corrected chi connectivity index (χ1v) is 5.11. The van der Waals surface area contributed by atoms with Gasteiger partial charge in [0.2, 0.25) is 0 Å². The largest absolute Gasteiger partial charge is 0.383 e. The van der Waals surface area contributed by atoms with Crippen molar-refractivity contribution in [1.82, 2.24) is 14.5 Å². The van der Waals surface area contributed by atoms with Gasteiger partial charge in [-0.3, -0.25) is 0 Å². The SMILES string of the molecule is Cn1ccnc1C(N)c1cc(Cl)cnc1N. The van der Waals surface area contributed by atoms with Crippen LogP contribution >= 0.6 is 11.6 Å². The number of nitrogens with zero attached hydrogens (tertiary/aromatic N) is 3. The number of hydrogen-bond acceptors (Lipinski definition) is 4. The molecule has 0 fully saturated rings. The van der Waals surface area contributed by atoms with E-state index in [0.717, 1.165) is 5.82 Å². The number of halogens is 1. The number of imidazole rings is 1. The number of nitrogen functional groups attached to an aromatic ring is 1. The summed E-state index contributed by atoms with van der Waals surface area (Å²) in [7, 11) is 1.87. The molecule has 0 aliphatic carbocycles. The first kappa shape index (κ1) is 10.9. The number of aryl methyl sites for hydroxylation is 1. The van der Waals surface area contributed by atoms with Crippen LogP contribution in [0.1, 0.15) is 17.4 Å². The van der Waals surface area contributed by atoms with Crippen molar-refractivity contribution in [2.45, 2.75) is 6.04 Å². The van der Waals surface area contributed by atoms with Crippen LogP contribution in [0.2, 0.25) is 5.02 Å². The Hall–Kier alpha value is -1.59. The third-order valence-electron chi connectivity index (χ3n) is 2.39. The highest BCUT2D eigenvalue weighted by Crippen LogP contribution is 2.24. The fraction of sp³-hybridized carbons (Fsp3) is 0.200. The summed E-state index contributed by atoms with van der Waals surface area (Å²) in [6.45, 7) is 0. The van der Waals surface area contributed by atoms with Gasteiger partial charge in [-0.25, -0.2) is 9.97 Å². The lowest BCUT2D eigenvalue weighted by Crippen LogP contribution is -2.18. The fourth-order valence-corrected chi connectivity index (χ4v) is 1.70. The molecule has 0 aromatic carbocycles. The van der Waals surface area contributed by atoms with E-state index >= 15 is 0 Å². The van der Waals surface area contributed by atoms with Crippen LogP contribution in [0.3, 0.4) is 0 Å². The molecule has 0 saturated heterocycles. The molecule has 0 saturated carbocycles. The Morgan fingerprint density at radius 3 is 2.81 bits per heavy atom. The van der Waals surface area contributed by atoms with Crippen molar-refractivity contribution < 1.29 is 0 Å². The molecule has 4 N–H and O–H groups in total. The molecule has 6 heteroatoms. The third kappa shape index (κ3) is 1.87. The quantitative estimate of drug-likeness (QED) is 0.819. The molecule has 0 spiro atoms. The topological polar surface area (TPSA) is 82.8 Å². The van der Waals surface area contributed by atoms with E-state index in [1.807, 2.05) is 17.8 Å². The Labute approximate surface area is 98.1 Å². The molecule has 2 aromatic heterocycles. The maximum Gasteiger partial charge on any atom is 0.130 e. The second-order valence-corrected chi connectivity index (χ2v) is 3.94. The van der Waals surface area contributed by atoms with E-state index in [2.05, 4.69) is 9.97 Å². The van der Waals surface area contributed by atoms with Gasteiger partial charge in [0.1, 0.15) is 11.6 Å². The Morgan fingerprint density at radius 2 is 2.19 bits per heavy atom. The van der Waals surface area contributed by atoms with Gasteiger partial charge in [0.15, 0.2) is 0 Å². The van der Waals surface area contributed by atoms with Crippen LogP contribution in [0.4, 0.5) is 5.82 Å². The summed E-state index contributed by atoms with van der Waals surface area (Å²) in [6.07, 6.45) is 5.00. The van der Waals surface area contributed by atoms with Gasteiger partial charge < -0.3 is 16.0 Å². The molecule has 0 aliphatic heterocycles. The molecule has 0 amide bonds. The van der Waals surface area contributed by atoms with Crippen molar-refractivity contribution >= 4 is 17.4 Å². The smallest absolute Gasteiger partial charge is 0.130 e. The molecular formula is C10H12ClN5. The lowest BCUT2D eigenvalue weighted by molar-refractivity contribution is 0.716. The van der Waals surface area contributed by atoms with E-state index < -0.39 is 6.04 Å². The zero-order chi connectivity index (χ0) is 11.7. The van der Waals surface area contributed by atoms with Crippen molar-refractivity contribution in [2.75, 3.05) is 5.73 Å². The Balaban J connectivity index is 2.45. The molecule has 2 rings (SSSR count). The number of aromatic nitrogens is 3. The summed E-state index contributed by atoms with van der Waals surface area (Å²) >= 11 is 5.86. The molecule has 5 nitrogen and oxygen atoms in total. The maximum absolute atomic E-state index is 6.07. The van der Waals surface area contributed by atoms with Crippen molar-refractivity contribution in [3.8, 4) is 0 Å². The average Bonchev–Trinajstić information content (AvgIpc) is 2.67. The molecule has 0 radical (unpaired) electrons. The molecule has 84 valence electrons. The summed E-state index contributed by atoms with van der Waals surface area (Å²) in [6, 6.07) is 1.29. The number of hydrogen-bond donors (Lipinski definition) is 2. The second kappa shape index (κ2) is 4.11. The van der Waals surface area contributed by atoms with Gasteiger partial charge in [-0.2, -0.15) is 0 Å². The predicted octanol–water partition coefficient (Wildman–Crippen LogP) is 1.10. The Morgan fingerprint density at radius 1 is 1.44 bits per heavy atom. The van der Waals surface area contributed by atoms with E-state index in [0.29, 0.717) is 16.4 Å². The van der Waals surface area contributed by atoms with Crippen LogP contribution in [0, 0.1) is 0 Å². The van der Waals surface area contributed by atoms with Gasteiger partial charge in [0.05, 0.1) is 11.1 Å². The molecule has 1 atom stereocenters. The minimum atomic E-state index is -0.425. The van der Waals surface area contributed by atoms with Crippen molar-refractivity contribution in [2.24, 2.45) is 12.8 Å². The normalized spacial score (nSPS) is 12.7. The van der Waals surface area contributed by atoms with Crippen LogP contribution < -0.4 is 11.5 Å². The average molecular weight is 238 g/mol. The van der Waals surface area contributed by atoms with Crippen molar-refractivity contribution in [3.05, 3.63) is 41.1 Å². The minimum Gasteiger partial charge on any atom is -0.383 e. The summed E-state index contributed by atoms with van der Waals surface area (Å²) in [5.74, 6) is 1.09. The molecule has 16 heavy (non-hydrogen) atoms. The Kier molecular flexibility index (Phi) is 2.80. The molecule has 0 bridgehead atoms. The van der Waals surface area contributed by atoms with Gasteiger partial charge in [-0.05, 0) is 6.07 Å². The minimum absolute atomic E-state index is 0.375. The van der Waals surface area contributed by atoms with Crippen molar-refractivity contribution in [3.63, 3.8) is 0 Å². The first-order valence-electron chi connectivity index (χ1n) is 4.73. The number of rotatable bonds is 2.